The second-order valence-electron chi connectivity index (χ2n) is 7.93. The molecule has 0 unspecified atom stereocenters. The average Bonchev–Trinajstić information content (AvgIpc) is 2.52. The summed E-state index contributed by atoms with van der Waals surface area (Å²) in [4.78, 5) is 0. The first-order chi connectivity index (χ1) is 12.4. The molecule has 0 saturated carbocycles. The van der Waals surface area contributed by atoms with E-state index in [1.165, 1.54) is 0 Å². The third-order valence-electron chi connectivity index (χ3n) is 4.33. The summed E-state index contributed by atoms with van der Waals surface area (Å²) in [6, 6.07) is 0. The van der Waals surface area contributed by atoms with Crippen LogP contribution in [0.15, 0.2) is 0 Å². The highest BCUT2D eigenvalue weighted by atomic mass is 79.9. The molecule has 162 valence electrons. The van der Waals surface area contributed by atoms with Gasteiger partial charge in [-0.3, -0.25) is 4.55 Å². The molecule has 1 fully saturated rings. The number of nitrogens with zero attached hydrogens (tertiary/aromatic N) is 1. The average molecular weight is 476 g/mol. The molecule has 1 aliphatic rings. The van der Waals surface area contributed by atoms with Gasteiger partial charge in [-0.25, -0.2) is 3.93 Å². The van der Waals surface area contributed by atoms with Crippen molar-refractivity contribution >= 4 is 26.3 Å². The summed E-state index contributed by atoms with van der Waals surface area (Å²) in [5.41, 5.74) is 0.0646. The maximum Gasteiger partial charge on any atom is 0.267 e. The van der Waals surface area contributed by atoms with Crippen LogP contribution in [-0.4, -0.2) is 86.1 Å². The maximum atomic E-state index is 10.5. The van der Waals surface area contributed by atoms with Gasteiger partial charge in [0.05, 0.1) is 58.1 Å². The Morgan fingerprint density at radius 2 is 1.30 bits per heavy atom. The lowest BCUT2D eigenvalue weighted by Crippen LogP contribution is -2.57. The number of halogens is 1. The summed E-state index contributed by atoms with van der Waals surface area (Å²) in [7, 11) is -3.96. The molecule has 1 heterocycles. The lowest BCUT2D eigenvalue weighted by molar-refractivity contribution is -0.0733. The smallest absolute Gasteiger partial charge is 0.267 e. The summed E-state index contributed by atoms with van der Waals surface area (Å²) < 4.78 is 53.6. The standard InChI is InChI=1S/C17H34BrNO7S/c1-16(2)13-15(14-17(3,4)19(16)18)26-10-9-24-6-5-23-7-8-25-11-12-27(20,21)22/h15H,5-14H2,1-4H3,(H,20,21,22). The monoisotopic (exact) mass is 475 g/mol. The van der Waals surface area contributed by atoms with Gasteiger partial charge in [0.15, 0.2) is 0 Å². The number of piperidine rings is 1. The first-order valence-electron chi connectivity index (χ1n) is 9.20. The van der Waals surface area contributed by atoms with Crippen LogP contribution in [0.4, 0.5) is 0 Å². The molecule has 0 aliphatic carbocycles. The van der Waals surface area contributed by atoms with Gasteiger partial charge >= 0.3 is 0 Å². The van der Waals surface area contributed by atoms with Crippen LogP contribution in [0.25, 0.3) is 0 Å². The second kappa shape index (κ2) is 11.4. The van der Waals surface area contributed by atoms with E-state index in [1.54, 1.807) is 0 Å². The predicted octanol–water partition coefficient (Wildman–Crippen LogP) is 2.27. The predicted molar refractivity (Wildman–Crippen MR) is 107 cm³/mol. The second-order valence-corrected chi connectivity index (χ2v) is 10.2. The molecular formula is C17H34BrNO7S. The Bertz CT molecular complexity index is 509. The summed E-state index contributed by atoms with van der Waals surface area (Å²) in [6.45, 7) is 11.4. The fourth-order valence-corrected chi connectivity index (χ4v) is 3.88. The van der Waals surface area contributed by atoms with E-state index in [9.17, 15) is 8.42 Å². The topological polar surface area (TPSA) is 94.5 Å². The molecule has 1 aliphatic heterocycles. The van der Waals surface area contributed by atoms with Crippen LogP contribution in [0.1, 0.15) is 40.5 Å². The number of ether oxygens (including phenoxy) is 4. The Morgan fingerprint density at radius 1 is 0.889 bits per heavy atom. The third kappa shape index (κ3) is 10.5. The third-order valence-corrected chi connectivity index (χ3v) is 6.93. The molecule has 0 spiro atoms. The minimum Gasteiger partial charge on any atom is -0.378 e. The van der Waals surface area contributed by atoms with Gasteiger partial charge in [-0.05, 0) is 40.5 Å². The largest absolute Gasteiger partial charge is 0.378 e. The van der Waals surface area contributed by atoms with Crippen LogP contribution >= 0.6 is 16.1 Å². The Kier molecular flexibility index (Phi) is 10.6. The zero-order chi connectivity index (χ0) is 20.6. The Labute approximate surface area is 171 Å². The van der Waals surface area contributed by atoms with Crippen LogP contribution in [0.5, 0.6) is 0 Å². The molecular weight excluding hydrogens is 442 g/mol. The highest BCUT2D eigenvalue weighted by molar-refractivity contribution is 9.07. The van der Waals surface area contributed by atoms with Gasteiger partial charge in [0, 0.05) is 27.2 Å². The summed E-state index contributed by atoms with van der Waals surface area (Å²) >= 11 is 3.70. The van der Waals surface area contributed by atoms with Gasteiger partial charge in [0.2, 0.25) is 0 Å². The van der Waals surface area contributed by atoms with Crippen molar-refractivity contribution in [1.29, 1.82) is 0 Å². The fourth-order valence-electron chi connectivity index (χ4n) is 3.26. The van der Waals surface area contributed by atoms with E-state index < -0.39 is 15.9 Å². The van der Waals surface area contributed by atoms with Crippen molar-refractivity contribution in [3.63, 3.8) is 0 Å². The van der Waals surface area contributed by atoms with Crippen molar-refractivity contribution in [3.05, 3.63) is 0 Å². The van der Waals surface area contributed by atoms with Crippen LogP contribution in [-0.2, 0) is 29.1 Å². The molecule has 27 heavy (non-hydrogen) atoms. The lowest BCUT2D eigenvalue weighted by Gasteiger charge is -2.51. The van der Waals surface area contributed by atoms with Gasteiger partial charge in [-0.15, -0.1) is 0 Å². The fraction of sp³-hybridized carbons (Fsp3) is 1.00. The van der Waals surface area contributed by atoms with Crippen molar-refractivity contribution in [2.24, 2.45) is 0 Å². The first kappa shape index (κ1) is 25.2. The molecule has 1 N–H and O–H groups in total. The molecule has 1 rings (SSSR count). The quantitative estimate of drug-likeness (QED) is 0.246. The van der Waals surface area contributed by atoms with E-state index in [1.807, 2.05) is 0 Å². The molecule has 0 bridgehead atoms. The Hall–Kier alpha value is 0.190. The minimum absolute atomic E-state index is 0.0323. The lowest BCUT2D eigenvalue weighted by atomic mass is 9.81. The Morgan fingerprint density at radius 3 is 1.74 bits per heavy atom. The molecule has 0 amide bonds. The van der Waals surface area contributed by atoms with E-state index in [4.69, 9.17) is 23.5 Å². The zero-order valence-corrected chi connectivity index (χ0v) is 19.2. The molecule has 0 aromatic carbocycles. The van der Waals surface area contributed by atoms with Crippen molar-refractivity contribution in [2.45, 2.75) is 57.7 Å². The molecule has 0 aromatic rings. The molecule has 10 heteroatoms. The summed E-state index contributed by atoms with van der Waals surface area (Å²) in [5.74, 6) is -0.404. The van der Waals surface area contributed by atoms with Crippen LogP contribution in [0, 0.1) is 0 Å². The van der Waals surface area contributed by atoms with Gasteiger partial charge in [-0.1, -0.05) is 0 Å². The summed E-state index contributed by atoms with van der Waals surface area (Å²) in [6.07, 6.45) is 2.13. The molecule has 1 saturated heterocycles. The number of hydrogen-bond acceptors (Lipinski definition) is 7. The molecule has 0 aromatic heterocycles. The normalized spacial score (nSPS) is 20.8. The van der Waals surface area contributed by atoms with E-state index in [-0.39, 0.29) is 30.4 Å². The Balaban J connectivity index is 1.99. The highest BCUT2D eigenvalue weighted by Gasteiger charge is 2.44. The number of hydrogen-bond donors (Lipinski definition) is 1. The van der Waals surface area contributed by atoms with Gasteiger partial charge in [0.1, 0.15) is 0 Å². The number of rotatable bonds is 13. The van der Waals surface area contributed by atoms with Crippen molar-refractivity contribution in [1.82, 2.24) is 3.93 Å². The molecule has 0 radical (unpaired) electrons. The van der Waals surface area contributed by atoms with Gasteiger partial charge < -0.3 is 18.9 Å². The minimum atomic E-state index is -3.96. The van der Waals surface area contributed by atoms with Gasteiger partial charge in [-0.2, -0.15) is 8.42 Å². The van der Waals surface area contributed by atoms with Crippen molar-refractivity contribution in [2.75, 3.05) is 52.0 Å². The van der Waals surface area contributed by atoms with Crippen molar-refractivity contribution < 1.29 is 31.9 Å². The van der Waals surface area contributed by atoms with E-state index in [2.05, 4.69) is 47.8 Å². The summed E-state index contributed by atoms with van der Waals surface area (Å²) in [5, 5.41) is 0. The van der Waals surface area contributed by atoms with Crippen LogP contribution in [0.3, 0.4) is 0 Å². The van der Waals surface area contributed by atoms with Crippen LogP contribution < -0.4 is 0 Å². The van der Waals surface area contributed by atoms with Crippen LogP contribution in [0.2, 0.25) is 0 Å². The zero-order valence-electron chi connectivity index (χ0n) is 16.8. The van der Waals surface area contributed by atoms with E-state index in [0.717, 1.165) is 12.8 Å². The first-order valence-corrected chi connectivity index (χ1v) is 11.5. The van der Waals surface area contributed by atoms with Gasteiger partial charge in [0.25, 0.3) is 10.1 Å². The van der Waals surface area contributed by atoms with E-state index >= 15 is 0 Å². The SMILES string of the molecule is CC1(C)CC(OCCOCCOCCOCCS(=O)(=O)O)CC(C)(C)N1Br. The molecule has 0 atom stereocenters. The maximum absolute atomic E-state index is 10.5. The van der Waals surface area contributed by atoms with Crippen molar-refractivity contribution in [3.8, 4) is 0 Å². The van der Waals surface area contributed by atoms with E-state index in [0.29, 0.717) is 33.0 Å². The molecule has 8 nitrogen and oxygen atoms in total. The highest BCUT2D eigenvalue weighted by Crippen LogP contribution is 2.41.